The molecule has 0 saturated carbocycles. The number of alkyl halides is 3. The van der Waals surface area contributed by atoms with Crippen molar-refractivity contribution < 1.29 is 37.0 Å². The minimum atomic E-state index is -5.19. The summed E-state index contributed by atoms with van der Waals surface area (Å²) in [6.45, 7) is 4.06. The van der Waals surface area contributed by atoms with Gasteiger partial charge in [0.2, 0.25) is 0 Å². The molecule has 0 heterocycles. The third-order valence-electron chi connectivity index (χ3n) is 2.83. The highest BCUT2D eigenvalue weighted by Crippen LogP contribution is 2.16. The SMILES string of the molecule is CC(C)(C)OC(=O)C(CC(=O)COc1ccccc1)NC(=O)C(F)(F)F. The number of benzene rings is 1. The number of carbonyl (C=O) groups excluding carboxylic acids is 3. The maximum Gasteiger partial charge on any atom is 0.471 e. The van der Waals surface area contributed by atoms with E-state index in [-0.39, 0.29) is 0 Å². The van der Waals surface area contributed by atoms with Gasteiger partial charge in [0.15, 0.2) is 5.78 Å². The normalized spacial score (nSPS) is 12.8. The van der Waals surface area contributed by atoms with Crippen LogP contribution in [0.25, 0.3) is 0 Å². The maximum absolute atomic E-state index is 12.4. The van der Waals surface area contributed by atoms with Crippen molar-refractivity contribution in [2.75, 3.05) is 6.61 Å². The van der Waals surface area contributed by atoms with Gasteiger partial charge in [-0.2, -0.15) is 13.2 Å². The van der Waals surface area contributed by atoms with Crippen LogP contribution in [0.15, 0.2) is 30.3 Å². The fourth-order valence-corrected chi connectivity index (χ4v) is 1.77. The minimum absolute atomic E-state index is 0.383. The molecule has 1 aromatic carbocycles. The number of ether oxygens (including phenoxy) is 2. The van der Waals surface area contributed by atoms with E-state index < -0.39 is 48.5 Å². The fourth-order valence-electron chi connectivity index (χ4n) is 1.77. The van der Waals surface area contributed by atoms with Gasteiger partial charge in [-0.3, -0.25) is 9.59 Å². The van der Waals surface area contributed by atoms with Crippen molar-refractivity contribution >= 4 is 17.7 Å². The van der Waals surface area contributed by atoms with Crippen LogP contribution in [0, 0.1) is 0 Å². The van der Waals surface area contributed by atoms with Gasteiger partial charge in [0, 0.05) is 6.42 Å². The zero-order chi connectivity index (χ0) is 20.0. The van der Waals surface area contributed by atoms with Crippen molar-refractivity contribution in [1.29, 1.82) is 0 Å². The summed E-state index contributed by atoms with van der Waals surface area (Å²) < 4.78 is 47.5. The Morgan fingerprint density at radius 1 is 1.08 bits per heavy atom. The van der Waals surface area contributed by atoms with Crippen LogP contribution in [0.3, 0.4) is 0 Å². The van der Waals surface area contributed by atoms with Gasteiger partial charge >= 0.3 is 18.1 Å². The minimum Gasteiger partial charge on any atom is -0.486 e. The highest BCUT2D eigenvalue weighted by atomic mass is 19.4. The number of halogens is 3. The number of para-hydroxylation sites is 1. The lowest BCUT2D eigenvalue weighted by molar-refractivity contribution is -0.177. The first-order valence-corrected chi connectivity index (χ1v) is 7.68. The maximum atomic E-state index is 12.4. The number of nitrogens with one attached hydrogen (secondary N) is 1. The smallest absolute Gasteiger partial charge is 0.471 e. The Balaban J connectivity index is 2.75. The molecule has 0 saturated heterocycles. The van der Waals surface area contributed by atoms with Gasteiger partial charge < -0.3 is 14.8 Å². The van der Waals surface area contributed by atoms with Crippen molar-refractivity contribution in [3.8, 4) is 5.75 Å². The lowest BCUT2D eigenvalue weighted by Crippen LogP contribution is -2.49. The van der Waals surface area contributed by atoms with Crippen LogP contribution in [-0.2, 0) is 19.1 Å². The van der Waals surface area contributed by atoms with E-state index >= 15 is 0 Å². The second kappa shape index (κ2) is 8.68. The van der Waals surface area contributed by atoms with E-state index in [0.29, 0.717) is 5.75 Å². The number of carbonyl (C=O) groups is 3. The Hall–Kier alpha value is -2.58. The molecule has 1 amide bonds. The van der Waals surface area contributed by atoms with Gasteiger partial charge in [0.05, 0.1) is 0 Å². The molecule has 0 aliphatic carbocycles. The molecule has 0 aliphatic rings. The second-order valence-electron chi connectivity index (χ2n) is 6.40. The van der Waals surface area contributed by atoms with E-state index in [2.05, 4.69) is 0 Å². The summed E-state index contributed by atoms with van der Waals surface area (Å²) in [6.07, 6.45) is -5.88. The largest absolute Gasteiger partial charge is 0.486 e. The quantitative estimate of drug-likeness (QED) is 0.740. The van der Waals surface area contributed by atoms with E-state index in [1.54, 1.807) is 30.3 Å². The van der Waals surface area contributed by atoms with Gasteiger partial charge in [0.1, 0.15) is 24.0 Å². The molecule has 0 aliphatic heterocycles. The topological polar surface area (TPSA) is 81.7 Å². The molecular formula is C17H20F3NO5. The van der Waals surface area contributed by atoms with Crippen LogP contribution >= 0.6 is 0 Å². The summed E-state index contributed by atoms with van der Waals surface area (Å²) in [7, 11) is 0. The average Bonchev–Trinajstić information content (AvgIpc) is 2.50. The zero-order valence-corrected chi connectivity index (χ0v) is 14.6. The highest BCUT2D eigenvalue weighted by Gasteiger charge is 2.42. The molecule has 1 N–H and O–H groups in total. The Kier molecular flexibility index (Phi) is 7.17. The Bertz CT molecular complexity index is 638. The van der Waals surface area contributed by atoms with Gasteiger partial charge in [-0.05, 0) is 32.9 Å². The Morgan fingerprint density at radius 3 is 2.15 bits per heavy atom. The lowest BCUT2D eigenvalue weighted by Gasteiger charge is -2.24. The standard InChI is InChI=1S/C17H20F3NO5/c1-16(2,3)26-14(23)13(21-15(24)17(18,19)20)9-11(22)10-25-12-7-5-4-6-8-12/h4-8,13H,9-10H2,1-3H3,(H,21,24). The van der Waals surface area contributed by atoms with Crippen LogP contribution in [0.2, 0.25) is 0 Å². The van der Waals surface area contributed by atoms with E-state index in [1.807, 2.05) is 0 Å². The molecule has 0 aromatic heterocycles. The number of Topliss-reactive ketones (excluding diaryl/α,β-unsaturated/α-hetero) is 1. The van der Waals surface area contributed by atoms with Gasteiger partial charge in [-0.25, -0.2) is 4.79 Å². The molecule has 6 nitrogen and oxygen atoms in total. The number of rotatable bonds is 7. The number of hydrogen-bond acceptors (Lipinski definition) is 5. The van der Waals surface area contributed by atoms with Crippen molar-refractivity contribution in [3.63, 3.8) is 0 Å². The average molecular weight is 375 g/mol. The summed E-state index contributed by atoms with van der Waals surface area (Å²) in [4.78, 5) is 35.1. The van der Waals surface area contributed by atoms with Crippen molar-refractivity contribution in [1.82, 2.24) is 5.32 Å². The van der Waals surface area contributed by atoms with E-state index in [4.69, 9.17) is 9.47 Å². The molecule has 1 aromatic rings. The molecule has 0 bridgehead atoms. The van der Waals surface area contributed by atoms with Gasteiger partial charge in [-0.15, -0.1) is 0 Å². The number of hydrogen-bond donors (Lipinski definition) is 1. The predicted molar refractivity (Wildman–Crippen MR) is 85.4 cm³/mol. The molecule has 1 atom stereocenters. The monoisotopic (exact) mass is 375 g/mol. The van der Waals surface area contributed by atoms with Crippen LogP contribution in [0.4, 0.5) is 13.2 Å². The molecule has 144 valence electrons. The van der Waals surface area contributed by atoms with Gasteiger partial charge in [0.25, 0.3) is 0 Å². The summed E-state index contributed by atoms with van der Waals surface area (Å²) in [5, 5.41) is 1.49. The molecule has 9 heteroatoms. The molecular weight excluding hydrogens is 355 g/mol. The lowest BCUT2D eigenvalue weighted by atomic mass is 10.1. The highest BCUT2D eigenvalue weighted by molar-refractivity contribution is 5.92. The van der Waals surface area contributed by atoms with Gasteiger partial charge in [-0.1, -0.05) is 18.2 Å². The van der Waals surface area contributed by atoms with E-state index in [0.717, 1.165) is 0 Å². The summed E-state index contributed by atoms with van der Waals surface area (Å²) in [5.74, 6) is -3.76. The summed E-state index contributed by atoms with van der Waals surface area (Å²) in [6, 6.07) is 6.49. The third kappa shape index (κ3) is 8.00. The van der Waals surface area contributed by atoms with Crippen molar-refractivity contribution in [2.24, 2.45) is 0 Å². The van der Waals surface area contributed by atoms with E-state index in [1.165, 1.54) is 26.1 Å². The Morgan fingerprint density at radius 2 is 1.65 bits per heavy atom. The van der Waals surface area contributed by atoms with Crippen molar-refractivity contribution in [2.45, 2.75) is 45.0 Å². The third-order valence-corrected chi connectivity index (χ3v) is 2.83. The predicted octanol–water partition coefficient (Wildman–Crippen LogP) is 2.41. The first-order chi connectivity index (χ1) is 11.9. The number of esters is 1. The molecule has 1 unspecified atom stereocenters. The van der Waals surface area contributed by atoms with Crippen LogP contribution < -0.4 is 10.1 Å². The summed E-state index contributed by atoms with van der Waals surface area (Å²) >= 11 is 0. The first-order valence-electron chi connectivity index (χ1n) is 7.68. The number of amides is 1. The molecule has 1 rings (SSSR count). The molecule has 0 fully saturated rings. The van der Waals surface area contributed by atoms with Crippen LogP contribution in [0.5, 0.6) is 5.75 Å². The number of ketones is 1. The zero-order valence-electron chi connectivity index (χ0n) is 14.6. The Labute approximate surface area is 148 Å². The molecule has 26 heavy (non-hydrogen) atoms. The summed E-state index contributed by atoms with van der Waals surface area (Å²) in [5.41, 5.74) is -0.998. The van der Waals surface area contributed by atoms with E-state index in [9.17, 15) is 27.6 Å². The second-order valence-corrected chi connectivity index (χ2v) is 6.40. The van der Waals surface area contributed by atoms with Crippen LogP contribution in [0.1, 0.15) is 27.2 Å². The fraction of sp³-hybridized carbons (Fsp3) is 0.471. The molecule has 0 spiro atoms. The van der Waals surface area contributed by atoms with Crippen molar-refractivity contribution in [3.05, 3.63) is 30.3 Å². The molecule has 0 radical (unpaired) electrons. The first kappa shape index (κ1) is 21.5. The van der Waals surface area contributed by atoms with Crippen LogP contribution in [-0.4, -0.2) is 42.1 Å².